The maximum Gasteiger partial charge on any atom is 0.417 e. The molecule has 96 valence electrons. The molecular formula is C12H9F3O3. The number of rotatable bonds is 3. The van der Waals surface area contributed by atoms with Crippen LogP contribution < -0.4 is 0 Å². The second kappa shape index (κ2) is 5.48. The Morgan fingerprint density at radius 2 is 2.00 bits per heavy atom. The number of ether oxygens (including phenoxy) is 1. The summed E-state index contributed by atoms with van der Waals surface area (Å²) >= 11 is 0. The smallest absolute Gasteiger partial charge is 0.417 e. The van der Waals surface area contributed by atoms with Crippen molar-refractivity contribution in [2.24, 2.45) is 0 Å². The molecule has 0 aliphatic rings. The summed E-state index contributed by atoms with van der Waals surface area (Å²) in [7, 11) is 1.16. The highest BCUT2D eigenvalue weighted by Crippen LogP contribution is 2.32. The van der Waals surface area contributed by atoms with Crippen LogP contribution in [0, 0.1) is 0 Å². The van der Waals surface area contributed by atoms with Gasteiger partial charge in [0.15, 0.2) is 6.29 Å². The van der Waals surface area contributed by atoms with Crippen molar-refractivity contribution in [2.75, 3.05) is 7.11 Å². The summed E-state index contributed by atoms with van der Waals surface area (Å²) in [6.07, 6.45) is -2.31. The lowest BCUT2D eigenvalue weighted by molar-refractivity contribution is -0.138. The maximum absolute atomic E-state index is 12.6. The quantitative estimate of drug-likeness (QED) is 0.475. The van der Waals surface area contributed by atoms with Gasteiger partial charge in [-0.15, -0.1) is 0 Å². The molecule has 1 aromatic rings. The van der Waals surface area contributed by atoms with E-state index in [1.165, 1.54) is 12.1 Å². The molecule has 0 radical (unpaired) electrons. The van der Waals surface area contributed by atoms with Gasteiger partial charge in [0, 0.05) is 11.6 Å². The number of halogens is 3. The van der Waals surface area contributed by atoms with Gasteiger partial charge in [0.1, 0.15) is 0 Å². The lowest BCUT2D eigenvalue weighted by Gasteiger charge is -2.09. The number of carbonyl (C=O) groups is 2. The minimum Gasteiger partial charge on any atom is -0.466 e. The molecule has 0 bridgehead atoms. The zero-order valence-corrected chi connectivity index (χ0v) is 9.32. The molecule has 0 unspecified atom stereocenters. The standard InChI is InChI=1S/C12H9F3O3/c1-18-11(17)5-3-8-2-4-9(7-16)10(6-8)12(13,14)15/h2-7H,1H3/b5-3+. The topological polar surface area (TPSA) is 43.4 Å². The summed E-state index contributed by atoms with van der Waals surface area (Å²) in [6, 6.07) is 3.15. The van der Waals surface area contributed by atoms with Crippen molar-refractivity contribution < 1.29 is 27.5 Å². The summed E-state index contributed by atoms with van der Waals surface area (Å²) in [5.74, 6) is -0.678. The molecule has 0 aromatic heterocycles. The predicted octanol–water partition coefficient (Wildman–Crippen LogP) is 2.70. The zero-order valence-electron chi connectivity index (χ0n) is 9.32. The third kappa shape index (κ3) is 3.44. The van der Waals surface area contributed by atoms with Crippen LogP contribution in [0.3, 0.4) is 0 Å². The Morgan fingerprint density at radius 1 is 1.33 bits per heavy atom. The molecule has 18 heavy (non-hydrogen) atoms. The van der Waals surface area contributed by atoms with Gasteiger partial charge in [0.2, 0.25) is 0 Å². The number of benzene rings is 1. The Morgan fingerprint density at radius 3 is 2.50 bits per heavy atom. The number of esters is 1. The van der Waals surface area contributed by atoms with Crippen LogP contribution in [0.4, 0.5) is 13.2 Å². The van der Waals surface area contributed by atoms with Gasteiger partial charge in [-0.25, -0.2) is 4.79 Å². The van der Waals surface area contributed by atoms with Crippen molar-refractivity contribution in [1.82, 2.24) is 0 Å². The lowest BCUT2D eigenvalue weighted by Crippen LogP contribution is -2.09. The molecule has 0 aliphatic carbocycles. The van der Waals surface area contributed by atoms with E-state index in [9.17, 15) is 22.8 Å². The summed E-state index contributed by atoms with van der Waals surface area (Å²) in [4.78, 5) is 21.3. The van der Waals surface area contributed by atoms with Crippen molar-refractivity contribution in [2.45, 2.75) is 6.18 Å². The molecule has 6 heteroatoms. The zero-order chi connectivity index (χ0) is 13.8. The van der Waals surface area contributed by atoms with Crippen LogP contribution in [0.15, 0.2) is 24.3 Å². The Kier molecular flexibility index (Phi) is 4.25. The predicted molar refractivity (Wildman–Crippen MR) is 57.9 cm³/mol. The summed E-state index contributed by atoms with van der Waals surface area (Å²) in [5, 5.41) is 0. The first-order chi connectivity index (χ1) is 8.38. The van der Waals surface area contributed by atoms with E-state index in [-0.39, 0.29) is 11.8 Å². The largest absolute Gasteiger partial charge is 0.466 e. The summed E-state index contributed by atoms with van der Waals surface area (Å²) in [6.45, 7) is 0. The van der Waals surface area contributed by atoms with Gasteiger partial charge in [-0.3, -0.25) is 4.79 Å². The molecular weight excluding hydrogens is 249 g/mol. The molecule has 0 saturated heterocycles. The monoisotopic (exact) mass is 258 g/mol. The third-order valence-corrected chi connectivity index (χ3v) is 2.12. The first-order valence-electron chi connectivity index (χ1n) is 4.81. The summed E-state index contributed by atoms with van der Waals surface area (Å²) in [5.41, 5.74) is -1.33. The molecule has 0 saturated carbocycles. The SMILES string of the molecule is COC(=O)/C=C/c1ccc(C=O)c(C(F)(F)F)c1. The third-order valence-electron chi connectivity index (χ3n) is 2.12. The number of hydrogen-bond acceptors (Lipinski definition) is 3. The second-order valence-corrected chi connectivity index (χ2v) is 3.32. The molecule has 0 N–H and O–H groups in total. The normalized spacial score (nSPS) is 11.6. The average Bonchev–Trinajstić information content (AvgIpc) is 2.34. The number of aldehydes is 1. The molecule has 3 nitrogen and oxygen atoms in total. The van der Waals surface area contributed by atoms with Gasteiger partial charge in [-0.05, 0) is 17.7 Å². The number of hydrogen-bond donors (Lipinski definition) is 0. The molecule has 0 aliphatic heterocycles. The fourth-order valence-electron chi connectivity index (χ4n) is 1.26. The molecule has 0 amide bonds. The first kappa shape index (κ1) is 14.0. The Labute approximate surface area is 101 Å². The minimum atomic E-state index is -4.62. The van der Waals surface area contributed by atoms with Crippen molar-refractivity contribution in [3.63, 3.8) is 0 Å². The van der Waals surface area contributed by atoms with E-state index in [2.05, 4.69) is 4.74 Å². The fraction of sp³-hybridized carbons (Fsp3) is 0.167. The maximum atomic E-state index is 12.6. The van der Waals surface area contributed by atoms with Crippen LogP contribution >= 0.6 is 0 Å². The van der Waals surface area contributed by atoms with Crippen LogP contribution in [0.2, 0.25) is 0 Å². The van der Waals surface area contributed by atoms with Crippen molar-refractivity contribution in [1.29, 1.82) is 0 Å². The van der Waals surface area contributed by atoms with Crippen LogP contribution in [0.5, 0.6) is 0 Å². The van der Waals surface area contributed by atoms with Gasteiger partial charge in [-0.1, -0.05) is 12.1 Å². The van der Waals surface area contributed by atoms with E-state index in [0.717, 1.165) is 25.3 Å². The van der Waals surface area contributed by atoms with E-state index in [4.69, 9.17) is 0 Å². The number of carbonyl (C=O) groups excluding carboxylic acids is 2. The number of methoxy groups -OCH3 is 1. The van der Waals surface area contributed by atoms with Crippen LogP contribution in [0.25, 0.3) is 6.08 Å². The Balaban J connectivity index is 3.15. The molecule has 0 spiro atoms. The van der Waals surface area contributed by atoms with Crippen LogP contribution in [-0.4, -0.2) is 19.4 Å². The van der Waals surface area contributed by atoms with Gasteiger partial charge in [0.25, 0.3) is 0 Å². The van der Waals surface area contributed by atoms with E-state index < -0.39 is 23.3 Å². The number of alkyl halides is 3. The molecule has 1 aromatic carbocycles. The van der Waals surface area contributed by atoms with Gasteiger partial charge >= 0.3 is 12.1 Å². The van der Waals surface area contributed by atoms with Gasteiger partial charge in [0.05, 0.1) is 12.7 Å². The van der Waals surface area contributed by atoms with Gasteiger partial charge in [-0.2, -0.15) is 13.2 Å². The highest BCUT2D eigenvalue weighted by atomic mass is 19.4. The molecule has 0 heterocycles. The fourth-order valence-corrected chi connectivity index (χ4v) is 1.26. The highest BCUT2D eigenvalue weighted by Gasteiger charge is 2.33. The Hall–Kier alpha value is -2.11. The first-order valence-corrected chi connectivity index (χ1v) is 4.81. The van der Waals surface area contributed by atoms with E-state index >= 15 is 0 Å². The average molecular weight is 258 g/mol. The highest BCUT2D eigenvalue weighted by molar-refractivity contribution is 5.87. The van der Waals surface area contributed by atoms with Gasteiger partial charge < -0.3 is 4.74 Å². The van der Waals surface area contributed by atoms with E-state index in [1.54, 1.807) is 0 Å². The molecule has 1 rings (SSSR count). The summed E-state index contributed by atoms with van der Waals surface area (Å²) < 4.78 is 42.1. The second-order valence-electron chi connectivity index (χ2n) is 3.32. The molecule has 0 atom stereocenters. The van der Waals surface area contributed by atoms with Crippen molar-refractivity contribution in [3.05, 3.63) is 41.0 Å². The van der Waals surface area contributed by atoms with E-state index in [1.807, 2.05) is 0 Å². The van der Waals surface area contributed by atoms with Crippen LogP contribution in [0.1, 0.15) is 21.5 Å². The van der Waals surface area contributed by atoms with E-state index in [0.29, 0.717) is 0 Å². The van der Waals surface area contributed by atoms with Crippen molar-refractivity contribution >= 4 is 18.3 Å². The Bertz CT molecular complexity index is 490. The van der Waals surface area contributed by atoms with Crippen molar-refractivity contribution in [3.8, 4) is 0 Å². The van der Waals surface area contributed by atoms with Crippen LogP contribution in [-0.2, 0) is 15.7 Å². The molecule has 0 fully saturated rings. The lowest BCUT2D eigenvalue weighted by atomic mass is 10.0. The minimum absolute atomic E-state index is 0.136.